The third kappa shape index (κ3) is 23.9. The maximum atomic E-state index is 11.6. The molecule has 0 aliphatic rings. The van der Waals surface area contributed by atoms with Gasteiger partial charge in [0, 0.05) is 42.4 Å². The first-order valence-corrected chi connectivity index (χ1v) is 11.0. The van der Waals surface area contributed by atoms with Crippen molar-refractivity contribution in [2.24, 2.45) is 0 Å². The molecule has 1 radical (unpaired) electrons. The summed E-state index contributed by atoms with van der Waals surface area (Å²) in [6.07, 6.45) is 16.5. The van der Waals surface area contributed by atoms with E-state index >= 15 is 0 Å². The van der Waals surface area contributed by atoms with Gasteiger partial charge < -0.3 is 9.47 Å². The van der Waals surface area contributed by atoms with Gasteiger partial charge in [0.15, 0.2) is 0 Å². The Morgan fingerprint density at radius 3 is 1.22 bits per heavy atom. The number of ether oxygens (including phenoxy) is 2. The zero-order chi connectivity index (χ0) is 19.3. The first-order valence-electron chi connectivity index (χ1n) is 11.0. The fourth-order valence-corrected chi connectivity index (χ4v) is 2.82. The van der Waals surface area contributed by atoms with Crippen molar-refractivity contribution < 1.29 is 19.1 Å². The Balaban J connectivity index is 0. The van der Waals surface area contributed by atoms with Crippen molar-refractivity contribution in [2.45, 2.75) is 117 Å². The van der Waals surface area contributed by atoms with Crippen molar-refractivity contribution in [2.75, 3.05) is 13.2 Å². The second-order valence-electron chi connectivity index (χ2n) is 7.18. The molecule has 0 fully saturated rings. The van der Waals surface area contributed by atoms with Gasteiger partial charge in [0.05, 0.1) is 13.2 Å². The van der Waals surface area contributed by atoms with E-state index in [9.17, 15) is 9.59 Å². The standard InChI is InChI=1S/C22H42O4.Na/c1-3-5-7-9-11-15-19-25-21(23)17-13-14-18-22(24)26-20-16-12-10-8-6-4-2;/h3-20H2,1-2H3;. The number of carbonyl (C=O) groups excluding carboxylic acids is 2. The molecule has 0 saturated heterocycles. The quantitative estimate of drug-likeness (QED) is 0.154. The van der Waals surface area contributed by atoms with Crippen LogP contribution in [0.3, 0.4) is 0 Å². The molecular formula is C22H42NaO4. The Bertz CT molecular complexity index is 302. The summed E-state index contributed by atoms with van der Waals surface area (Å²) in [5, 5.41) is 0. The van der Waals surface area contributed by atoms with Gasteiger partial charge in [0.2, 0.25) is 0 Å². The zero-order valence-electron chi connectivity index (χ0n) is 18.4. The average molecular weight is 394 g/mol. The summed E-state index contributed by atoms with van der Waals surface area (Å²) in [6.45, 7) is 5.48. The van der Waals surface area contributed by atoms with E-state index in [0.717, 1.165) is 25.7 Å². The van der Waals surface area contributed by atoms with Crippen LogP contribution in [0.4, 0.5) is 0 Å². The molecule has 155 valence electrons. The second kappa shape index (κ2) is 24.0. The Labute approximate surface area is 189 Å². The molecule has 0 heterocycles. The van der Waals surface area contributed by atoms with Crippen LogP contribution in [0.15, 0.2) is 0 Å². The number of rotatable bonds is 19. The predicted molar refractivity (Wildman–Crippen MR) is 113 cm³/mol. The largest absolute Gasteiger partial charge is 0.466 e. The first kappa shape index (κ1) is 29.1. The van der Waals surface area contributed by atoms with Crippen LogP contribution in [0, 0.1) is 0 Å². The van der Waals surface area contributed by atoms with Crippen LogP contribution in [0.5, 0.6) is 0 Å². The van der Waals surface area contributed by atoms with Crippen molar-refractivity contribution in [3.8, 4) is 0 Å². The van der Waals surface area contributed by atoms with E-state index in [0.29, 0.717) is 38.9 Å². The van der Waals surface area contributed by atoms with Crippen molar-refractivity contribution in [1.82, 2.24) is 0 Å². The van der Waals surface area contributed by atoms with E-state index in [4.69, 9.17) is 9.47 Å². The molecule has 0 aliphatic carbocycles. The smallest absolute Gasteiger partial charge is 0.305 e. The molecule has 0 rings (SSSR count). The second-order valence-corrected chi connectivity index (χ2v) is 7.18. The molecule has 0 aromatic heterocycles. The number of unbranched alkanes of at least 4 members (excludes halogenated alkanes) is 11. The molecule has 4 nitrogen and oxygen atoms in total. The summed E-state index contributed by atoms with van der Waals surface area (Å²) in [5.74, 6) is -0.280. The van der Waals surface area contributed by atoms with Gasteiger partial charge >= 0.3 is 11.9 Å². The average Bonchev–Trinajstić information content (AvgIpc) is 2.64. The SMILES string of the molecule is CCCCCCCCOC(=O)CCCCC(=O)OCCCCCCCC.[Na]. The van der Waals surface area contributed by atoms with Gasteiger partial charge in [-0.05, 0) is 25.7 Å². The molecule has 0 N–H and O–H groups in total. The number of carbonyl (C=O) groups is 2. The zero-order valence-corrected chi connectivity index (χ0v) is 20.4. The topological polar surface area (TPSA) is 52.6 Å². The van der Waals surface area contributed by atoms with Crippen LogP contribution < -0.4 is 0 Å². The Hall–Kier alpha value is -0.0600. The molecule has 0 atom stereocenters. The Morgan fingerprint density at radius 1 is 0.519 bits per heavy atom. The third-order valence-electron chi connectivity index (χ3n) is 4.53. The van der Waals surface area contributed by atoms with Crippen molar-refractivity contribution >= 4 is 41.5 Å². The molecular weight excluding hydrogens is 351 g/mol. The monoisotopic (exact) mass is 393 g/mol. The summed E-state index contributed by atoms with van der Waals surface area (Å²) in [4.78, 5) is 23.2. The third-order valence-corrected chi connectivity index (χ3v) is 4.53. The molecule has 0 spiro atoms. The fraction of sp³-hybridized carbons (Fsp3) is 0.909. The normalized spacial score (nSPS) is 10.3. The molecule has 5 heteroatoms. The van der Waals surface area contributed by atoms with Crippen molar-refractivity contribution in [3.05, 3.63) is 0 Å². The molecule has 0 unspecified atom stereocenters. The molecule has 0 amide bonds. The van der Waals surface area contributed by atoms with Crippen LogP contribution in [-0.2, 0) is 19.1 Å². The van der Waals surface area contributed by atoms with Gasteiger partial charge in [0.25, 0.3) is 0 Å². The van der Waals surface area contributed by atoms with Crippen LogP contribution in [0.25, 0.3) is 0 Å². The van der Waals surface area contributed by atoms with Gasteiger partial charge in [-0.15, -0.1) is 0 Å². The molecule has 0 aliphatic heterocycles. The molecule has 0 saturated carbocycles. The Kier molecular flexibility index (Phi) is 25.9. The summed E-state index contributed by atoms with van der Waals surface area (Å²) >= 11 is 0. The van der Waals surface area contributed by atoms with Crippen LogP contribution in [-0.4, -0.2) is 54.7 Å². The molecule has 27 heavy (non-hydrogen) atoms. The van der Waals surface area contributed by atoms with Gasteiger partial charge in [-0.2, -0.15) is 0 Å². The maximum Gasteiger partial charge on any atom is 0.305 e. The van der Waals surface area contributed by atoms with E-state index in [-0.39, 0.29) is 41.5 Å². The fourth-order valence-electron chi connectivity index (χ4n) is 2.82. The Morgan fingerprint density at radius 2 is 0.852 bits per heavy atom. The maximum absolute atomic E-state index is 11.6. The van der Waals surface area contributed by atoms with Gasteiger partial charge in [0.1, 0.15) is 0 Å². The summed E-state index contributed by atoms with van der Waals surface area (Å²) in [6, 6.07) is 0. The number of hydrogen-bond donors (Lipinski definition) is 0. The van der Waals surface area contributed by atoms with Crippen LogP contribution in [0.1, 0.15) is 117 Å². The van der Waals surface area contributed by atoms with Crippen LogP contribution in [0.2, 0.25) is 0 Å². The van der Waals surface area contributed by atoms with E-state index in [1.807, 2.05) is 0 Å². The summed E-state index contributed by atoms with van der Waals surface area (Å²) < 4.78 is 10.4. The minimum Gasteiger partial charge on any atom is -0.466 e. The summed E-state index contributed by atoms with van der Waals surface area (Å²) in [7, 11) is 0. The minimum absolute atomic E-state index is 0. The minimum atomic E-state index is -0.140. The molecule has 0 aromatic rings. The van der Waals surface area contributed by atoms with E-state index < -0.39 is 0 Å². The van der Waals surface area contributed by atoms with E-state index in [1.165, 1.54) is 51.4 Å². The van der Waals surface area contributed by atoms with Gasteiger partial charge in [-0.25, -0.2) is 0 Å². The first-order chi connectivity index (χ1) is 12.7. The van der Waals surface area contributed by atoms with E-state index in [2.05, 4.69) is 13.8 Å². The summed E-state index contributed by atoms with van der Waals surface area (Å²) in [5.41, 5.74) is 0. The van der Waals surface area contributed by atoms with Gasteiger partial charge in [-0.3, -0.25) is 9.59 Å². The van der Waals surface area contributed by atoms with Crippen LogP contribution >= 0.6 is 0 Å². The van der Waals surface area contributed by atoms with Crippen molar-refractivity contribution in [3.63, 3.8) is 0 Å². The number of hydrogen-bond acceptors (Lipinski definition) is 4. The molecule has 0 bridgehead atoms. The molecule has 0 aromatic carbocycles. The van der Waals surface area contributed by atoms with Crippen molar-refractivity contribution in [1.29, 1.82) is 0 Å². The van der Waals surface area contributed by atoms with E-state index in [1.54, 1.807) is 0 Å². The number of esters is 2. The van der Waals surface area contributed by atoms with Gasteiger partial charge in [-0.1, -0.05) is 78.1 Å². The predicted octanol–water partition coefficient (Wildman–Crippen LogP) is 5.97.